The van der Waals surface area contributed by atoms with Gasteiger partial charge in [-0.3, -0.25) is 0 Å². The van der Waals surface area contributed by atoms with Gasteiger partial charge in [-0.15, -0.1) is 0 Å². The number of hydrogen-bond donors (Lipinski definition) is 1. The van der Waals surface area contributed by atoms with E-state index in [-0.39, 0.29) is 24.3 Å². The molecule has 0 bridgehead atoms. The van der Waals surface area contributed by atoms with E-state index in [4.69, 9.17) is 10.5 Å². The maximum absolute atomic E-state index is 13.2. The largest absolute Gasteiger partial charge is 0.489 e. The van der Waals surface area contributed by atoms with Crippen LogP contribution in [0, 0.1) is 18.6 Å². The summed E-state index contributed by atoms with van der Waals surface area (Å²) in [6.45, 7) is 3.86. The van der Waals surface area contributed by atoms with Crippen molar-refractivity contribution in [3.63, 3.8) is 0 Å². The molecule has 2 aromatic rings. The van der Waals surface area contributed by atoms with Crippen molar-refractivity contribution in [3.05, 3.63) is 64.7 Å². The Hall–Kier alpha value is -1.94. The summed E-state index contributed by atoms with van der Waals surface area (Å²) in [5.41, 5.74) is 8.09. The molecule has 0 aromatic heterocycles. The molecule has 2 N–H and O–H groups in total. The van der Waals surface area contributed by atoms with Gasteiger partial charge < -0.3 is 10.5 Å². The molecule has 0 saturated heterocycles. The highest BCUT2D eigenvalue weighted by Crippen LogP contribution is 2.26. The van der Waals surface area contributed by atoms with E-state index in [0.717, 1.165) is 11.1 Å². The van der Waals surface area contributed by atoms with Crippen molar-refractivity contribution < 1.29 is 13.5 Å². The van der Waals surface area contributed by atoms with Gasteiger partial charge in [-0.25, -0.2) is 8.78 Å². The van der Waals surface area contributed by atoms with Gasteiger partial charge in [0.1, 0.15) is 24.0 Å². The lowest BCUT2D eigenvalue weighted by Gasteiger charge is -2.15. The number of benzene rings is 2. The van der Waals surface area contributed by atoms with E-state index >= 15 is 0 Å². The summed E-state index contributed by atoms with van der Waals surface area (Å²) < 4.78 is 32.1. The quantitative estimate of drug-likeness (QED) is 0.920. The Labute approximate surface area is 117 Å². The molecule has 0 aliphatic heterocycles. The van der Waals surface area contributed by atoms with Crippen LogP contribution in [0.1, 0.15) is 29.7 Å². The van der Waals surface area contributed by atoms with Crippen LogP contribution >= 0.6 is 0 Å². The third kappa shape index (κ3) is 3.33. The molecule has 0 unspecified atom stereocenters. The van der Waals surface area contributed by atoms with Crippen LogP contribution in [0.3, 0.4) is 0 Å². The molecule has 0 heterocycles. The molecule has 4 heteroatoms. The molecule has 106 valence electrons. The van der Waals surface area contributed by atoms with Gasteiger partial charge in [0.15, 0.2) is 0 Å². The molecule has 0 fully saturated rings. The molecule has 0 saturated carbocycles. The SMILES string of the molecule is Cc1ccc(F)cc1COc1ccc(F)cc1[C@@H](C)N. The Bertz CT molecular complexity index is 611. The molecule has 0 aliphatic rings. The number of aryl methyl sites for hydroxylation is 1. The van der Waals surface area contributed by atoms with Crippen LogP contribution in [-0.4, -0.2) is 0 Å². The van der Waals surface area contributed by atoms with Crippen molar-refractivity contribution in [1.82, 2.24) is 0 Å². The third-order valence-corrected chi connectivity index (χ3v) is 3.16. The number of ether oxygens (including phenoxy) is 1. The highest BCUT2D eigenvalue weighted by Gasteiger charge is 2.10. The minimum absolute atomic E-state index is 0.217. The molecule has 2 nitrogen and oxygen atoms in total. The van der Waals surface area contributed by atoms with Crippen LogP contribution in [0.4, 0.5) is 8.78 Å². The minimum atomic E-state index is -0.355. The van der Waals surface area contributed by atoms with E-state index in [1.54, 1.807) is 19.1 Å². The van der Waals surface area contributed by atoms with E-state index in [1.165, 1.54) is 24.3 Å². The third-order valence-electron chi connectivity index (χ3n) is 3.16. The first-order valence-electron chi connectivity index (χ1n) is 6.40. The number of nitrogens with two attached hydrogens (primary N) is 1. The summed E-state index contributed by atoms with van der Waals surface area (Å²) in [5, 5.41) is 0. The zero-order valence-corrected chi connectivity index (χ0v) is 11.5. The highest BCUT2D eigenvalue weighted by molar-refractivity contribution is 5.36. The smallest absolute Gasteiger partial charge is 0.124 e. The molecule has 0 radical (unpaired) electrons. The van der Waals surface area contributed by atoms with Crippen molar-refractivity contribution >= 4 is 0 Å². The first kappa shape index (κ1) is 14.5. The zero-order chi connectivity index (χ0) is 14.7. The fourth-order valence-corrected chi connectivity index (χ4v) is 1.96. The van der Waals surface area contributed by atoms with E-state index < -0.39 is 0 Å². The molecular formula is C16H17F2NO. The second kappa shape index (κ2) is 6.01. The molecule has 1 atom stereocenters. The van der Waals surface area contributed by atoms with Crippen LogP contribution in [0.25, 0.3) is 0 Å². The van der Waals surface area contributed by atoms with Gasteiger partial charge in [0.05, 0.1) is 0 Å². The lowest BCUT2D eigenvalue weighted by molar-refractivity contribution is 0.299. The predicted octanol–water partition coefficient (Wildman–Crippen LogP) is 3.87. The summed E-state index contributed by atoms with van der Waals surface area (Å²) >= 11 is 0. The lowest BCUT2D eigenvalue weighted by atomic mass is 10.1. The average molecular weight is 277 g/mol. The van der Waals surface area contributed by atoms with E-state index in [0.29, 0.717) is 11.3 Å². The van der Waals surface area contributed by atoms with Crippen molar-refractivity contribution in [2.45, 2.75) is 26.5 Å². The summed E-state index contributed by atoms with van der Waals surface area (Å²) in [6, 6.07) is 8.43. The van der Waals surface area contributed by atoms with Crippen molar-refractivity contribution in [1.29, 1.82) is 0 Å². The molecule has 0 amide bonds. The monoisotopic (exact) mass is 277 g/mol. The van der Waals surface area contributed by atoms with E-state index in [2.05, 4.69) is 0 Å². The fourth-order valence-electron chi connectivity index (χ4n) is 1.96. The van der Waals surface area contributed by atoms with Gasteiger partial charge in [-0.05, 0) is 55.3 Å². The Morgan fingerprint density at radius 3 is 2.45 bits per heavy atom. The second-order valence-corrected chi connectivity index (χ2v) is 4.83. The van der Waals surface area contributed by atoms with Crippen LogP contribution in [0.2, 0.25) is 0 Å². The summed E-state index contributed by atoms with van der Waals surface area (Å²) in [6.07, 6.45) is 0. The normalized spacial score (nSPS) is 12.2. The van der Waals surface area contributed by atoms with Crippen molar-refractivity contribution in [3.8, 4) is 5.75 Å². The Balaban J connectivity index is 2.20. The predicted molar refractivity (Wildman–Crippen MR) is 74.5 cm³/mol. The summed E-state index contributed by atoms with van der Waals surface area (Å²) in [4.78, 5) is 0. The van der Waals surface area contributed by atoms with Gasteiger partial charge >= 0.3 is 0 Å². The van der Waals surface area contributed by atoms with Gasteiger partial charge in [0.2, 0.25) is 0 Å². The van der Waals surface area contributed by atoms with Crippen molar-refractivity contribution in [2.24, 2.45) is 5.73 Å². The van der Waals surface area contributed by atoms with Crippen LogP contribution < -0.4 is 10.5 Å². The van der Waals surface area contributed by atoms with Crippen LogP contribution in [0.15, 0.2) is 36.4 Å². The maximum Gasteiger partial charge on any atom is 0.124 e. The molecular weight excluding hydrogens is 260 g/mol. The fraction of sp³-hybridized carbons (Fsp3) is 0.250. The number of hydrogen-bond acceptors (Lipinski definition) is 2. The highest BCUT2D eigenvalue weighted by atomic mass is 19.1. The van der Waals surface area contributed by atoms with Gasteiger partial charge in [0, 0.05) is 11.6 Å². The van der Waals surface area contributed by atoms with Crippen LogP contribution in [-0.2, 0) is 6.61 Å². The first-order chi connectivity index (χ1) is 9.47. The molecule has 0 spiro atoms. The topological polar surface area (TPSA) is 35.2 Å². The van der Waals surface area contributed by atoms with E-state index in [1.807, 2.05) is 6.92 Å². The Morgan fingerprint density at radius 1 is 1.10 bits per heavy atom. The standard InChI is InChI=1S/C16H17F2NO/c1-10-3-4-13(17)7-12(10)9-20-16-6-5-14(18)8-15(16)11(2)19/h3-8,11H,9,19H2,1-2H3/t11-/m1/s1. The number of halogens is 2. The van der Waals surface area contributed by atoms with Gasteiger partial charge in [-0.2, -0.15) is 0 Å². The molecule has 2 rings (SSSR count). The summed E-state index contributed by atoms with van der Waals surface area (Å²) in [7, 11) is 0. The lowest BCUT2D eigenvalue weighted by Crippen LogP contribution is -2.09. The number of rotatable bonds is 4. The second-order valence-electron chi connectivity index (χ2n) is 4.83. The maximum atomic E-state index is 13.2. The molecule has 2 aromatic carbocycles. The Morgan fingerprint density at radius 2 is 1.75 bits per heavy atom. The minimum Gasteiger partial charge on any atom is -0.489 e. The average Bonchev–Trinajstić information content (AvgIpc) is 2.40. The van der Waals surface area contributed by atoms with E-state index in [9.17, 15) is 8.78 Å². The zero-order valence-electron chi connectivity index (χ0n) is 11.5. The van der Waals surface area contributed by atoms with Crippen LogP contribution in [0.5, 0.6) is 5.75 Å². The first-order valence-corrected chi connectivity index (χ1v) is 6.40. The Kier molecular flexibility index (Phi) is 4.35. The molecule has 20 heavy (non-hydrogen) atoms. The van der Waals surface area contributed by atoms with Gasteiger partial charge in [-0.1, -0.05) is 6.07 Å². The van der Waals surface area contributed by atoms with Crippen molar-refractivity contribution in [2.75, 3.05) is 0 Å². The summed E-state index contributed by atoms with van der Waals surface area (Å²) in [5.74, 6) is -0.141. The molecule has 0 aliphatic carbocycles. The van der Waals surface area contributed by atoms with Gasteiger partial charge in [0.25, 0.3) is 0 Å².